The number of anilines is 1. The molecule has 0 spiro atoms. The van der Waals surface area contributed by atoms with Crippen LogP contribution in [0.15, 0.2) is 36.4 Å². The molecule has 0 saturated carbocycles. The first-order chi connectivity index (χ1) is 9.60. The van der Waals surface area contributed by atoms with Gasteiger partial charge in [0.15, 0.2) is 0 Å². The Morgan fingerprint density at radius 2 is 1.95 bits per heavy atom. The number of nitro groups is 1. The van der Waals surface area contributed by atoms with Gasteiger partial charge in [0, 0.05) is 18.2 Å². The zero-order chi connectivity index (χ0) is 14.5. The van der Waals surface area contributed by atoms with E-state index in [0.717, 1.165) is 24.1 Å². The van der Waals surface area contributed by atoms with Crippen molar-refractivity contribution in [1.82, 2.24) is 4.98 Å². The second-order valence-corrected chi connectivity index (χ2v) is 4.65. The zero-order valence-electron chi connectivity index (χ0n) is 11.6. The first kappa shape index (κ1) is 14.0. The van der Waals surface area contributed by atoms with Crippen molar-refractivity contribution in [3.8, 4) is 11.3 Å². The highest BCUT2D eigenvalue weighted by atomic mass is 16.6. The van der Waals surface area contributed by atoms with E-state index in [1.54, 1.807) is 0 Å². The maximum Gasteiger partial charge on any atom is 0.275 e. The van der Waals surface area contributed by atoms with E-state index in [-0.39, 0.29) is 5.69 Å². The Morgan fingerprint density at radius 3 is 2.55 bits per heavy atom. The van der Waals surface area contributed by atoms with E-state index in [2.05, 4.69) is 10.3 Å². The van der Waals surface area contributed by atoms with Gasteiger partial charge in [-0.25, -0.2) is 4.98 Å². The lowest BCUT2D eigenvalue weighted by Gasteiger charge is -2.07. The summed E-state index contributed by atoms with van der Waals surface area (Å²) in [6.45, 7) is 4.77. The molecule has 0 amide bonds. The van der Waals surface area contributed by atoms with Crippen LogP contribution in [-0.2, 0) is 0 Å². The molecular formula is C15H17N3O2. The van der Waals surface area contributed by atoms with Gasteiger partial charge < -0.3 is 5.32 Å². The summed E-state index contributed by atoms with van der Waals surface area (Å²) in [7, 11) is 0. The average molecular weight is 271 g/mol. The van der Waals surface area contributed by atoms with E-state index in [1.165, 1.54) is 12.1 Å². The lowest BCUT2D eigenvalue weighted by Crippen LogP contribution is -2.03. The van der Waals surface area contributed by atoms with Gasteiger partial charge in [0.1, 0.15) is 5.82 Å². The Labute approximate surface area is 117 Å². The van der Waals surface area contributed by atoms with Crippen molar-refractivity contribution >= 4 is 11.5 Å². The number of hydrogen-bond acceptors (Lipinski definition) is 4. The summed E-state index contributed by atoms with van der Waals surface area (Å²) in [6, 6.07) is 10.7. The van der Waals surface area contributed by atoms with Crippen LogP contribution in [0.4, 0.5) is 11.5 Å². The quantitative estimate of drug-likeness (QED) is 0.663. The number of rotatable bonds is 5. The molecule has 0 aliphatic rings. The number of pyridine rings is 1. The molecule has 0 aliphatic heterocycles. The molecule has 104 valence electrons. The summed E-state index contributed by atoms with van der Waals surface area (Å²) in [5.41, 5.74) is 2.68. The van der Waals surface area contributed by atoms with E-state index in [1.807, 2.05) is 38.1 Å². The minimum Gasteiger partial charge on any atom is -0.370 e. The highest BCUT2D eigenvalue weighted by molar-refractivity contribution is 5.65. The molecule has 0 unspecified atom stereocenters. The number of benzene rings is 1. The van der Waals surface area contributed by atoms with Crippen molar-refractivity contribution in [3.63, 3.8) is 0 Å². The summed E-state index contributed by atoms with van der Waals surface area (Å²) < 4.78 is 0. The van der Waals surface area contributed by atoms with Gasteiger partial charge in [-0.1, -0.05) is 36.8 Å². The van der Waals surface area contributed by atoms with Crippen LogP contribution in [0.25, 0.3) is 11.3 Å². The fraction of sp³-hybridized carbons (Fsp3) is 0.267. The predicted molar refractivity (Wildman–Crippen MR) is 79.8 cm³/mol. The monoisotopic (exact) mass is 271 g/mol. The molecule has 20 heavy (non-hydrogen) atoms. The molecule has 5 heteroatoms. The Morgan fingerprint density at radius 1 is 1.25 bits per heavy atom. The Balaban J connectivity index is 2.43. The summed E-state index contributed by atoms with van der Waals surface area (Å²) >= 11 is 0. The third-order valence-corrected chi connectivity index (χ3v) is 2.92. The lowest BCUT2D eigenvalue weighted by atomic mass is 10.1. The molecule has 1 aromatic carbocycles. The molecule has 0 atom stereocenters. The fourth-order valence-electron chi connectivity index (χ4n) is 1.84. The number of hydrogen-bond donors (Lipinski definition) is 1. The van der Waals surface area contributed by atoms with Crippen molar-refractivity contribution in [3.05, 3.63) is 52.1 Å². The lowest BCUT2D eigenvalue weighted by molar-refractivity contribution is -0.384. The van der Waals surface area contributed by atoms with Crippen LogP contribution in [0, 0.1) is 17.0 Å². The molecule has 0 aliphatic carbocycles. The molecular weight excluding hydrogens is 254 g/mol. The topological polar surface area (TPSA) is 68.1 Å². The van der Waals surface area contributed by atoms with Gasteiger partial charge in [-0.15, -0.1) is 0 Å². The molecule has 0 fully saturated rings. The standard InChI is InChI=1S/C15H17N3O2/c1-3-8-16-15-10-13(18(19)20)9-14(17-15)12-6-4-11(2)5-7-12/h4-7,9-10H,3,8H2,1-2H3,(H,16,17). The molecule has 0 bridgehead atoms. The zero-order valence-corrected chi connectivity index (χ0v) is 11.6. The van der Waals surface area contributed by atoms with Gasteiger partial charge in [0.05, 0.1) is 16.7 Å². The van der Waals surface area contributed by atoms with Crippen LogP contribution in [0.2, 0.25) is 0 Å². The second kappa shape index (κ2) is 6.14. The van der Waals surface area contributed by atoms with E-state index in [9.17, 15) is 10.1 Å². The van der Waals surface area contributed by atoms with Gasteiger partial charge in [-0.05, 0) is 13.3 Å². The second-order valence-electron chi connectivity index (χ2n) is 4.65. The van der Waals surface area contributed by atoms with Crippen molar-refractivity contribution in [2.75, 3.05) is 11.9 Å². The first-order valence-corrected chi connectivity index (χ1v) is 6.57. The minimum atomic E-state index is -0.392. The van der Waals surface area contributed by atoms with Gasteiger partial charge in [-0.3, -0.25) is 10.1 Å². The average Bonchev–Trinajstić information content (AvgIpc) is 2.45. The molecule has 2 aromatic rings. The van der Waals surface area contributed by atoms with Gasteiger partial charge in [-0.2, -0.15) is 0 Å². The molecule has 1 aromatic heterocycles. The number of nitrogens with one attached hydrogen (secondary N) is 1. The Hall–Kier alpha value is -2.43. The minimum absolute atomic E-state index is 0.0502. The first-order valence-electron chi connectivity index (χ1n) is 6.57. The molecule has 5 nitrogen and oxygen atoms in total. The van der Waals surface area contributed by atoms with Gasteiger partial charge in [0.2, 0.25) is 0 Å². The van der Waals surface area contributed by atoms with Gasteiger partial charge >= 0.3 is 0 Å². The van der Waals surface area contributed by atoms with Crippen molar-refractivity contribution in [2.45, 2.75) is 20.3 Å². The third kappa shape index (κ3) is 3.32. The van der Waals surface area contributed by atoms with Gasteiger partial charge in [0.25, 0.3) is 5.69 Å². The highest BCUT2D eigenvalue weighted by Gasteiger charge is 2.12. The molecule has 1 N–H and O–H groups in total. The van der Waals surface area contributed by atoms with Crippen LogP contribution < -0.4 is 5.32 Å². The number of aromatic nitrogens is 1. The molecule has 2 rings (SSSR count). The Bertz CT molecular complexity index is 609. The highest BCUT2D eigenvalue weighted by Crippen LogP contribution is 2.25. The largest absolute Gasteiger partial charge is 0.370 e. The molecule has 1 heterocycles. The van der Waals surface area contributed by atoms with E-state index >= 15 is 0 Å². The summed E-state index contributed by atoms with van der Waals surface area (Å²) in [5.74, 6) is 0.539. The van der Waals surface area contributed by atoms with E-state index < -0.39 is 4.92 Å². The smallest absolute Gasteiger partial charge is 0.275 e. The van der Waals surface area contributed by atoms with Crippen LogP contribution in [-0.4, -0.2) is 16.5 Å². The van der Waals surface area contributed by atoms with Crippen molar-refractivity contribution in [2.24, 2.45) is 0 Å². The van der Waals surface area contributed by atoms with Crippen LogP contribution in [0.3, 0.4) is 0 Å². The molecule has 0 saturated heterocycles. The fourth-order valence-corrected chi connectivity index (χ4v) is 1.84. The number of aryl methyl sites for hydroxylation is 1. The van der Waals surface area contributed by atoms with Crippen molar-refractivity contribution in [1.29, 1.82) is 0 Å². The third-order valence-electron chi connectivity index (χ3n) is 2.92. The van der Waals surface area contributed by atoms with E-state index in [0.29, 0.717) is 11.5 Å². The maximum atomic E-state index is 11.0. The van der Waals surface area contributed by atoms with Crippen LogP contribution >= 0.6 is 0 Å². The van der Waals surface area contributed by atoms with E-state index in [4.69, 9.17) is 0 Å². The summed E-state index contributed by atoms with van der Waals surface area (Å²) in [5, 5.41) is 14.1. The van der Waals surface area contributed by atoms with Crippen LogP contribution in [0.5, 0.6) is 0 Å². The summed E-state index contributed by atoms with van der Waals surface area (Å²) in [6.07, 6.45) is 0.935. The number of nitrogens with zero attached hydrogens (tertiary/aromatic N) is 2. The maximum absolute atomic E-state index is 11.0. The van der Waals surface area contributed by atoms with Crippen LogP contribution in [0.1, 0.15) is 18.9 Å². The predicted octanol–water partition coefficient (Wildman–Crippen LogP) is 3.79. The molecule has 0 radical (unpaired) electrons. The van der Waals surface area contributed by atoms with Crippen molar-refractivity contribution < 1.29 is 4.92 Å². The summed E-state index contributed by atoms with van der Waals surface area (Å²) in [4.78, 5) is 15.1. The Kier molecular flexibility index (Phi) is 4.30. The SMILES string of the molecule is CCCNc1cc([N+](=O)[O-])cc(-c2ccc(C)cc2)n1. The normalized spacial score (nSPS) is 10.3.